The van der Waals surface area contributed by atoms with Gasteiger partial charge in [0.2, 0.25) is 15.0 Å². The monoisotopic (exact) mass is 327 g/mol. The first kappa shape index (κ1) is 15.7. The molecule has 1 fully saturated rings. The molecule has 1 aliphatic heterocycles. The largest absolute Gasteiger partial charge is 0.481 e. The van der Waals surface area contributed by atoms with Crippen LogP contribution < -0.4 is 9.64 Å². The fourth-order valence-corrected chi connectivity index (χ4v) is 3.59. The van der Waals surface area contributed by atoms with Gasteiger partial charge in [-0.2, -0.15) is 0 Å². The molecule has 0 saturated carbocycles. The van der Waals surface area contributed by atoms with E-state index in [-0.39, 0.29) is 30.6 Å². The smallest absolute Gasteiger partial charge is 0.232 e. The maximum atomic E-state index is 12.0. The molecule has 21 heavy (non-hydrogen) atoms. The van der Waals surface area contributed by atoms with Crippen LogP contribution in [-0.4, -0.2) is 33.2 Å². The Hall–Kier alpha value is -1.71. The molecular formula is C14H14ClNO4S. The number of hydrogen-bond donors (Lipinski definition) is 0. The number of hydrogen-bond acceptors (Lipinski definition) is 4. The zero-order valence-electron chi connectivity index (χ0n) is 11.2. The van der Waals surface area contributed by atoms with Crippen molar-refractivity contribution in [1.82, 2.24) is 0 Å². The van der Waals surface area contributed by atoms with E-state index in [1.807, 2.05) is 0 Å². The quantitative estimate of drug-likeness (QED) is 0.609. The second-order valence-electron chi connectivity index (χ2n) is 4.77. The first-order chi connectivity index (χ1) is 9.89. The molecule has 2 rings (SSSR count). The lowest BCUT2D eigenvalue weighted by Crippen LogP contribution is -2.25. The Labute approximate surface area is 128 Å². The number of amides is 1. The van der Waals surface area contributed by atoms with E-state index in [2.05, 4.69) is 5.92 Å². The fourth-order valence-electron chi connectivity index (χ4n) is 2.27. The molecule has 0 aromatic heterocycles. The predicted octanol–water partition coefficient (Wildman–Crippen LogP) is 1.62. The first-order valence-corrected chi connectivity index (χ1v) is 8.76. The van der Waals surface area contributed by atoms with Crippen molar-refractivity contribution in [2.24, 2.45) is 5.92 Å². The normalized spacial score (nSPS) is 18.6. The highest BCUT2D eigenvalue weighted by Crippen LogP contribution is 2.28. The molecule has 0 spiro atoms. The van der Waals surface area contributed by atoms with E-state index in [1.165, 1.54) is 0 Å². The van der Waals surface area contributed by atoms with Gasteiger partial charge in [-0.25, -0.2) is 8.42 Å². The van der Waals surface area contributed by atoms with Crippen molar-refractivity contribution < 1.29 is 17.9 Å². The molecule has 0 aliphatic carbocycles. The standard InChI is InChI=1S/C14H14ClNO4S/c1-2-7-20-13-5-3-12(4-6-13)16-9-11(8-14(16)17)10-21(15,18)19/h1,3-6,11H,7-10H2. The van der Waals surface area contributed by atoms with E-state index in [9.17, 15) is 13.2 Å². The zero-order valence-corrected chi connectivity index (χ0v) is 12.7. The van der Waals surface area contributed by atoms with Crippen LogP contribution in [0.2, 0.25) is 0 Å². The van der Waals surface area contributed by atoms with Gasteiger partial charge in [-0.05, 0) is 24.3 Å². The topological polar surface area (TPSA) is 63.7 Å². The second-order valence-corrected chi connectivity index (χ2v) is 7.59. The molecule has 0 bridgehead atoms. The number of rotatable bonds is 5. The van der Waals surface area contributed by atoms with Crippen LogP contribution in [0, 0.1) is 18.3 Å². The van der Waals surface area contributed by atoms with Crippen LogP contribution in [0.1, 0.15) is 6.42 Å². The van der Waals surface area contributed by atoms with Gasteiger partial charge in [0.05, 0.1) is 5.75 Å². The summed E-state index contributed by atoms with van der Waals surface area (Å²) in [5.41, 5.74) is 0.697. The molecule has 5 nitrogen and oxygen atoms in total. The second kappa shape index (κ2) is 6.37. The summed E-state index contributed by atoms with van der Waals surface area (Å²) >= 11 is 0. The lowest BCUT2D eigenvalue weighted by molar-refractivity contribution is -0.117. The van der Waals surface area contributed by atoms with E-state index in [0.717, 1.165) is 0 Å². The number of ether oxygens (including phenoxy) is 1. The van der Waals surface area contributed by atoms with Crippen molar-refractivity contribution in [2.75, 3.05) is 23.8 Å². The summed E-state index contributed by atoms with van der Waals surface area (Å²) in [5.74, 6) is 2.39. The van der Waals surface area contributed by atoms with Gasteiger partial charge in [0.1, 0.15) is 12.4 Å². The summed E-state index contributed by atoms with van der Waals surface area (Å²) in [6.07, 6.45) is 5.28. The third-order valence-electron chi connectivity index (χ3n) is 3.11. The molecule has 1 aromatic carbocycles. The van der Waals surface area contributed by atoms with E-state index < -0.39 is 9.05 Å². The molecule has 7 heteroatoms. The predicted molar refractivity (Wildman–Crippen MR) is 80.9 cm³/mol. The molecule has 0 radical (unpaired) electrons. The Balaban J connectivity index is 2.05. The maximum Gasteiger partial charge on any atom is 0.232 e. The summed E-state index contributed by atoms with van der Waals surface area (Å²) < 4.78 is 27.4. The average Bonchev–Trinajstić information content (AvgIpc) is 2.75. The van der Waals surface area contributed by atoms with Crippen LogP contribution in [-0.2, 0) is 13.8 Å². The average molecular weight is 328 g/mol. The first-order valence-electron chi connectivity index (χ1n) is 6.28. The third-order valence-corrected chi connectivity index (χ3v) is 4.36. The number of terminal acetylenes is 1. The lowest BCUT2D eigenvalue weighted by Gasteiger charge is -2.17. The van der Waals surface area contributed by atoms with Crippen LogP contribution in [0.15, 0.2) is 24.3 Å². The SMILES string of the molecule is C#CCOc1ccc(N2CC(CS(=O)(=O)Cl)CC2=O)cc1. The van der Waals surface area contributed by atoms with Gasteiger partial charge in [-0.3, -0.25) is 4.79 Å². The zero-order chi connectivity index (χ0) is 15.5. The Kier molecular flexibility index (Phi) is 4.76. The van der Waals surface area contributed by atoms with Crippen LogP contribution in [0.3, 0.4) is 0 Å². The Bertz CT molecular complexity index is 663. The summed E-state index contributed by atoms with van der Waals surface area (Å²) in [7, 11) is 1.63. The van der Waals surface area contributed by atoms with Crippen LogP contribution >= 0.6 is 10.7 Å². The number of benzene rings is 1. The Morgan fingerprint density at radius 1 is 1.38 bits per heavy atom. The van der Waals surface area contributed by atoms with Crippen molar-refractivity contribution in [3.63, 3.8) is 0 Å². The maximum absolute atomic E-state index is 12.0. The van der Waals surface area contributed by atoms with E-state index in [0.29, 0.717) is 18.0 Å². The fraction of sp³-hybridized carbons (Fsp3) is 0.357. The van der Waals surface area contributed by atoms with Crippen molar-refractivity contribution >= 4 is 31.3 Å². The summed E-state index contributed by atoms with van der Waals surface area (Å²) in [4.78, 5) is 13.5. The summed E-state index contributed by atoms with van der Waals surface area (Å²) in [6.45, 7) is 0.521. The van der Waals surface area contributed by atoms with E-state index >= 15 is 0 Å². The van der Waals surface area contributed by atoms with Crippen molar-refractivity contribution in [3.8, 4) is 18.1 Å². The minimum atomic E-state index is -3.60. The van der Waals surface area contributed by atoms with Crippen molar-refractivity contribution in [2.45, 2.75) is 6.42 Å². The number of anilines is 1. The number of nitrogens with zero attached hydrogens (tertiary/aromatic N) is 1. The minimum Gasteiger partial charge on any atom is -0.481 e. The number of carbonyl (C=O) groups excluding carboxylic acids is 1. The molecule has 1 amide bonds. The molecule has 1 saturated heterocycles. The molecule has 1 aromatic rings. The van der Waals surface area contributed by atoms with Crippen LogP contribution in [0.25, 0.3) is 0 Å². The van der Waals surface area contributed by atoms with E-state index in [4.69, 9.17) is 21.8 Å². The molecular weight excluding hydrogens is 314 g/mol. The highest BCUT2D eigenvalue weighted by Gasteiger charge is 2.33. The highest BCUT2D eigenvalue weighted by molar-refractivity contribution is 8.13. The summed E-state index contributed by atoms with van der Waals surface area (Å²) in [6, 6.07) is 6.90. The molecule has 1 aliphatic rings. The van der Waals surface area contributed by atoms with Gasteiger partial charge in [0, 0.05) is 35.3 Å². The van der Waals surface area contributed by atoms with Gasteiger partial charge in [0.25, 0.3) is 0 Å². The number of halogens is 1. The third kappa shape index (κ3) is 4.38. The Morgan fingerprint density at radius 2 is 2.05 bits per heavy atom. The molecule has 1 atom stereocenters. The van der Waals surface area contributed by atoms with Crippen molar-refractivity contribution in [3.05, 3.63) is 24.3 Å². The molecule has 1 heterocycles. The molecule has 1 unspecified atom stereocenters. The van der Waals surface area contributed by atoms with Crippen LogP contribution in [0.5, 0.6) is 5.75 Å². The minimum absolute atomic E-state index is 0.113. The molecule has 112 valence electrons. The van der Waals surface area contributed by atoms with Gasteiger partial charge in [-0.1, -0.05) is 5.92 Å². The van der Waals surface area contributed by atoms with Crippen LogP contribution in [0.4, 0.5) is 5.69 Å². The highest BCUT2D eigenvalue weighted by atomic mass is 35.7. The summed E-state index contributed by atoms with van der Waals surface area (Å²) in [5, 5.41) is 0. The van der Waals surface area contributed by atoms with Crippen molar-refractivity contribution in [1.29, 1.82) is 0 Å². The van der Waals surface area contributed by atoms with Gasteiger partial charge in [-0.15, -0.1) is 6.42 Å². The number of carbonyl (C=O) groups is 1. The van der Waals surface area contributed by atoms with Gasteiger partial charge < -0.3 is 9.64 Å². The Morgan fingerprint density at radius 3 is 2.62 bits per heavy atom. The van der Waals surface area contributed by atoms with E-state index in [1.54, 1.807) is 29.2 Å². The van der Waals surface area contributed by atoms with Gasteiger partial charge in [0.15, 0.2) is 0 Å². The lowest BCUT2D eigenvalue weighted by atomic mass is 10.1. The van der Waals surface area contributed by atoms with Gasteiger partial charge >= 0.3 is 0 Å². The molecule has 0 N–H and O–H groups in total.